The zero-order chi connectivity index (χ0) is 13.7. The van der Waals surface area contributed by atoms with E-state index in [1.165, 1.54) is 0 Å². The van der Waals surface area contributed by atoms with Crippen molar-refractivity contribution in [2.75, 3.05) is 25.4 Å². The summed E-state index contributed by atoms with van der Waals surface area (Å²) in [5.41, 5.74) is 0. The van der Waals surface area contributed by atoms with Gasteiger partial charge in [-0.05, 0) is 12.1 Å². The predicted octanol–water partition coefficient (Wildman–Crippen LogP) is 0.664. The molecular weight excluding hydrogens is 264 g/mol. The van der Waals surface area contributed by atoms with Gasteiger partial charge in [-0.25, -0.2) is 0 Å². The number of nitrogens with one attached hydrogen (secondary N) is 1. The molecule has 1 unspecified atom stereocenters. The molecule has 0 saturated carbocycles. The van der Waals surface area contributed by atoms with Crippen molar-refractivity contribution in [3.63, 3.8) is 0 Å². The first-order chi connectivity index (χ1) is 9.16. The number of piperazine rings is 1. The van der Waals surface area contributed by atoms with E-state index in [2.05, 4.69) is 5.32 Å². The van der Waals surface area contributed by atoms with Crippen LogP contribution in [0.2, 0.25) is 0 Å². The molecule has 2 rings (SSSR count). The molecule has 1 heterocycles. The van der Waals surface area contributed by atoms with Gasteiger partial charge >= 0.3 is 5.97 Å². The fourth-order valence-corrected chi connectivity index (χ4v) is 2.88. The van der Waals surface area contributed by atoms with Gasteiger partial charge in [-0.3, -0.25) is 14.5 Å². The van der Waals surface area contributed by atoms with Gasteiger partial charge in [0.25, 0.3) is 0 Å². The number of carboxylic acid groups (broad SMARTS) is 1. The minimum atomic E-state index is -0.885. The summed E-state index contributed by atoms with van der Waals surface area (Å²) in [6.45, 7) is 0.931. The fraction of sp³-hybridized carbons (Fsp3) is 0.385. The lowest BCUT2D eigenvalue weighted by Crippen LogP contribution is -2.57. The highest BCUT2D eigenvalue weighted by Crippen LogP contribution is 2.17. The highest BCUT2D eigenvalue weighted by Gasteiger charge is 2.31. The molecule has 1 amide bonds. The maximum Gasteiger partial charge on any atom is 0.322 e. The molecule has 2 N–H and O–H groups in total. The molecule has 102 valence electrons. The fourth-order valence-electron chi connectivity index (χ4n) is 1.97. The van der Waals surface area contributed by atoms with Gasteiger partial charge in [0.05, 0.1) is 6.54 Å². The van der Waals surface area contributed by atoms with Crippen molar-refractivity contribution in [1.29, 1.82) is 0 Å². The maximum absolute atomic E-state index is 11.3. The third-order valence-electron chi connectivity index (χ3n) is 2.96. The number of carboxylic acids is 1. The second-order valence-electron chi connectivity index (χ2n) is 4.29. The number of amides is 1. The lowest BCUT2D eigenvalue weighted by atomic mass is 10.2. The van der Waals surface area contributed by atoms with Crippen LogP contribution in [0.3, 0.4) is 0 Å². The van der Waals surface area contributed by atoms with Gasteiger partial charge in [-0.15, -0.1) is 11.8 Å². The van der Waals surface area contributed by atoms with Gasteiger partial charge in [0.15, 0.2) is 0 Å². The van der Waals surface area contributed by atoms with E-state index in [0.717, 1.165) is 10.6 Å². The monoisotopic (exact) mass is 280 g/mol. The molecule has 0 aromatic heterocycles. The molecule has 1 saturated heterocycles. The van der Waals surface area contributed by atoms with Gasteiger partial charge in [0.1, 0.15) is 6.04 Å². The molecule has 0 spiro atoms. The SMILES string of the molecule is O=C1CN(CCSc2ccccc2)C(C(=O)O)CN1. The Bertz CT molecular complexity index is 452. The van der Waals surface area contributed by atoms with Crippen molar-refractivity contribution in [3.8, 4) is 0 Å². The van der Waals surface area contributed by atoms with E-state index in [1.807, 2.05) is 30.3 Å². The summed E-state index contributed by atoms with van der Waals surface area (Å²) in [4.78, 5) is 25.3. The highest BCUT2D eigenvalue weighted by atomic mass is 32.2. The van der Waals surface area contributed by atoms with Crippen LogP contribution >= 0.6 is 11.8 Å². The first-order valence-corrected chi connectivity index (χ1v) is 7.07. The normalized spacial score (nSPS) is 20.0. The first-order valence-electron chi connectivity index (χ1n) is 6.08. The highest BCUT2D eigenvalue weighted by molar-refractivity contribution is 7.99. The van der Waals surface area contributed by atoms with Crippen molar-refractivity contribution in [1.82, 2.24) is 10.2 Å². The van der Waals surface area contributed by atoms with Crippen LogP contribution in [-0.4, -0.2) is 53.3 Å². The van der Waals surface area contributed by atoms with Crippen LogP contribution in [-0.2, 0) is 9.59 Å². The predicted molar refractivity (Wildman–Crippen MR) is 73.2 cm³/mol. The molecule has 1 aliphatic rings. The third kappa shape index (κ3) is 3.97. The largest absolute Gasteiger partial charge is 0.480 e. The molecule has 1 aromatic rings. The number of rotatable bonds is 5. The molecule has 1 fully saturated rings. The minimum absolute atomic E-state index is 0.109. The van der Waals surface area contributed by atoms with E-state index >= 15 is 0 Å². The Morgan fingerprint density at radius 3 is 2.84 bits per heavy atom. The van der Waals surface area contributed by atoms with Crippen LogP contribution in [0, 0.1) is 0 Å². The summed E-state index contributed by atoms with van der Waals surface area (Å²) < 4.78 is 0. The number of hydrogen-bond acceptors (Lipinski definition) is 4. The zero-order valence-corrected chi connectivity index (χ0v) is 11.2. The molecule has 5 nitrogen and oxygen atoms in total. The van der Waals surface area contributed by atoms with Crippen molar-refractivity contribution < 1.29 is 14.7 Å². The molecule has 1 aromatic carbocycles. The van der Waals surface area contributed by atoms with Gasteiger partial charge in [0.2, 0.25) is 5.91 Å². The summed E-state index contributed by atoms with van der Waals surface area (Å²) in [5.74, 6) is -0.229. The number of carbonyl (C=O) groups excluding carboxylic acids is 1. The number of nitrogens with zero attached hydrogens (tertiary/aromatic N) is 1. The molecule has 0 bridgehead atoms. The second kappa shape index (κ2) is 6.58. The first kappa shape index (κ1) is 13.9. The van der Waals surface area contributed by atoms with Crippen LogP contribution < -0.4 is 5.32 Å². The Hall–Kier alpha value is -1.53. The Balaban J connectivity index is 1.85. The summed E-state index contributed by atoms with van der Waals surface area (Å²) >= 11 is 1.66. The van der Waals surface area contributed by atoms with E-state index in [0.29, 0.717) is 6.54 Å². The van der Waals surface area contributed by atoms with E-state index in [9.17, 15) is 9.59 Å². The van der Waals surface area contributed by atoms with Crippen LogP contribution in [0.25, 0.3) is 0 Å². The van der Waals surface area contributed by atoms with E-state index in [-0.39, 0.29) is 19.0 Å². The Kier molecular flexibility index (Phi) is 4.81. The Labute approximate surface area is 116 Å². The summed E-state index contributed by atoms with van der Waals surface area (Å²) in [6.07, 6.45) is 0. The Morgan fingerprint density at radius 1 is 1.42 bits per heavy atom. The average Bonchev–Trinajstić information content (AvgIpc) is 2.39. The zero-order valence-electron chi connectivity index (χ0n) is 10.4. The van der Waals surface area contributed by atoms with Crippen molar-refractivity contribution in [2.45, 2.75) is 10.9 Å². The van der Waals surface area contributed by atoms with Crippen LogP contribution in [0.1, 0.15) is 0 Å². The number of carbonyl (C=O) groups is 2. The van der Waals surface area contributed by atoms with Gasteiger partial charge in [0, 0.05) is 23.7 Å². The lowest BCUT2D eigenvalue weighted by molar-refractivity contribution is -0.145. The van der Waals surface area contributed by atoms with Gasteiger partial charge < -0.3 is 10.4 Å². The van der Waals surface area contributed by atoms with E-state index < -0.39 is 12.0 Å². The van der Waals surface area contributed by atoms with E-state index in [4.69, 9.17) is 5.11 Å². The maximum atomic E-state index is 11.3. The minimum Gasteiger partial charge on any atom is -0.480 e. The molecule has 1 atom stereocenters. The summed E-state index contributed by atoms with van der Waals surface area (Å²) in [7, 11) is 0. The van der Waals surface area contributed by atoms with Crippen LogP contribution in [0.15, 0.2) is 35.2 Å². The number of thioether (sulfide) groups is 1. The second-order valence-corrected chi connectivity index (χ2v) is 5.46. The molecule has 1 aliphatic heterocycles. The molecule has 0 aliphatic carbocycles. The molecule has 19 heavy (non-hydrogen) atoms. The van der Waals surface area contributed by atoms with Gasteiger partial charge in [-0.1, -0.05) is 18.2 Å². The van der Waals surface area contributed by atoms with Crippen molar-refractivity contribution in [2.24, 2.45) is 0 Å². The summed E-state index contributed by atoms with van der Waals surface area (Å²) in [6, 6.07) is 9.31. The average molecular weight is 280 g/mol. The topological polar surface area (TPSA) is 69.6 Å². The number of benzene rings is 1. The summed E-state index contributed by atoms with van der Waals surface area (Å²) in [5, 5.41) is 11.7. The van der Waals surface area contributed by atoms with Gasteiger partial charge in [-0.2, -0.15) is 0 Å². The quantitative estimate of drug-likeness (QED) is 0.776. The third-order valence-corrected chi connectivity index (χ3v) is 3.95. The van der Waals surface area contributed by atoms with Crippen molar-refractivity contribution in [3.05, 3.63) is 30.3 Å². The van der Waals surface area contributed by atoms with Crippen LogP contribution in [0.4, 0.5) is 0 Å². The molecular formula is C13H16N2O3S. The lowest BCUT2D eigenvalue weighted by Gasteiger charge is -2.32. The smallest absolute Gasteiger partial charge is 0.322 e. The van der Waals surface area contributed by atoms with Crippen LogP contribution in [0.5, 0.6) is 0 Å². The van der Waals surface area contributed by atoms with E-state index in [1.54, 1.807) is 16.7 Å². The van der Waals surface area contributed by atoms with Crippen molar-refractivity contribution >= 4 is 23.6 Å². The number of hydrogen-bond donors (Lipinski definition) is 2. The molecule has 0 radical (unpaired) electrons. The Morgan fingerprint density at radius 2 is 2.16 bits per heavy atom. The molecule has 6 heteroatoms. The number of aliphatic carboxylic acids is 1. The standard InChI is InChI=1S/C13H16N2O3S/c16-12-9-15(11(8-14-12)13(17)18)6-7-19-10-4-2-1-3-5-10/h1-5,11H,6-9H2,(H,14,16)(H,17,18).